The number of anilines is 2. The van der Waals surface area contributed by atoms with Crippen LogP contribution >= 0.6 is 27.3 Å². The van der Waals surface area contributed by atoms with Gasteiger partial charge in [0.2, 0.25) is 0 Å². The predicted molar refractivity (Wildman–Crippen MR) is 90.5 cm³/mol. The zero-order valence-corrected chi connectivity index (χ0v) is 14.7. The lowest BCUT2D eigenvalue weighted by Gasteiger charge is -2.30. The average Bonchev–Trinajstić information content (AvgIpc) is 2.77. The molecule has 7 heteroatoms. The number of halogens is 1. The molecule has 3 rings (SSSR count). The third kappa shape index (κ3) is 2.58. The van der Waals surface area contributed by atoms with E-state index in [0.29, 0.717) is 17.1 Å². The molecule has 0 unspecified atom stereocenters. The second kappa shape index (κ2) is 5.30. The van der Waals surface area contributed by atoms with Crippen LogP contribution in [0.3, 0.4) is 0 Å². The molecule has 4 nitrogen and oxygen atoms in total. The van der Waals surface area contributed by atoms with Crippen LogP contribution in [0.25, 0.3) is 0 Å². The van der Waals surface area contributed by atoms with E-state index in [1.165, 1.54) is 15.6 Å². The van der Waals surface area contributed by atoms with Crippen molar-refractivity contribution < 1.29 is 8.42 Å². The Hall–Kier alpha value is -1.05. The van der Waals surface area contributed by atoms with E-state index in [2.05, 4.69) is 15.9 Å². The molecule has 21 heavy (non-hydrogen) atoms. The van der Waals surface area contributed by atoms with Crippen LogP contribution in [0, 0.1) is 6.92 Å². The molecule has 112 valence electrons. The molecule has 2 N–H and O–H groups in total. The first-order valence-corrected chi connectivity index (χ1v) is 9.61. The van der Waals surface area contributed by atoms with Crippen LogP contribution in [0.2, 0.25) is 0 Å². The van der Waals surface area contributed by atoms with E-state index in [0.717, 1.165) is 32.8 Å². The largest absolute Gasteiger partial charge is 0.399 e. The first-order valence-electron chi connectivity index (χ1n) is 6.56. The molecule has 1 aromatic heterocycles. The standard InChI is InChI=1S/C14H15BrN2O2S2/c1-9-13(8-14(15)20-9)21(18,19)17-6-2-3-10-7-11(16)4-5-12(10)17/h4-5,7-8H,2-3,6,16H2,1H3. The van der Waals surface area contributed by atoms with E-state index in [4.69, 9.17) is 5.73 Å². The summed E-state index contributed by atoms with van der Waals surface area (Å²) in [5.74, 6) is 0. The van der Waals surface area contributed by atoms with E-state index in [1.807, 2.05) is 13.0 Å². The van der Waals surface area contributed by atoms with E-state index in [-0.39, 0.29) is 0 Å². The number of benzene rings is 1. The summed E-state index contributed by atoms with van der Waals surface area (Å²) in [7, 11) is -3.53. The van der Waals surface area contributed by atoms with Crippen LogP contribution in [0.4, 0.5) is 11.4 Å². The van der Waals surface area contributed by atoms with Crippen LogP contribution in [-0.2, 0) is 16.4 Å². The summed E-state index contributed by atoms with van der Waals surface area (Å²) in [5.41, 5.74) is 8.22. The number of hydrogen-bond donors (Lipinski definition) is 1. The highest BCUT2D eigenvalue weighted by atomic mass is 79.9. The number of aryl methyl sites for hydroxylation is 2. The molecule has 1 aliphatic rings. The number of nitrogens with two attached hydrogens (primary N) is 1. The highest BCUT2D eigenvalue weighted by Crippen LogP contribution is 2.37. The quantitative estimate of drug-likeness (QED) is 0.802. The Bertz CT molecular complexity index is 799. The topological polar surface area (TPSA) is 63.4 Å². The molecule has 0 amide bonds. The summed E-state index contributed by atoms with van der Waals surface area (Å²) >= 11 is 4.79. The Balaban J connectivity index is 2.12. The SMILES string of the molecule is Cc1sc(Br)cc1S(=O)(=O)N1CCCc2cc(N)ccc21. The van der Waals surface area contributed by atoms with Crippen molar-refractivity contribution in [2.75, 3.05) is 16.6 Å². The molecule has 1 aromatic carbocycles. The van der Waals surface area contributed by atoms with Gasteiger partial charge in [-0.25, -0.2) is 8.42 Å². The molecule has 0 bridgehead atoms. The summed E-state index contributed by atoms with van der Waals surface area (Å²) in [6, 6.07) is 7.11. The van der Waals surface area contributed by atoms with Crippen molar-refractivity contribution in [2.45, 2.75) is 24.7 Å². The summed E-state index contributed by atoms with van der Waals surface area (Å²) in [6.45, 7) is 2.34. The first-order chi connectivity index (χ1) is 9.89. The van der Waals surface area contributed by atoms with Gasteiger partial charge in [-0.2, -0.15) is 0 Å². The molecule has 2 heterocycles. The minimum absolute atomic E-state index is 0.379. The molecule has 0 spiro atoms. The van der Waals surface area contributed by atoms with Crippen molar-refractivity contribution in [2.24, 2.45) is 0 Å². The Labute approximate surface area is 136 Å². The lowest BCUT2D eigenvalue weighted by atomic mass is 10.0. The van der Waals surface area contributed by atoms with Gasteiger partial charge >= 0.3 is 0 Å². The van der Waals surface area contributed by atoms with Crippen molar-refractivity contribution >= 4 is 48.7 Å². The summed E-state index contributed by atoms with van der Waals surface area (Å²) in [4.78, 5) is 1.17. The molecular weight excluding hydrogens is 372 g/mol. The smallest absolute Gasteiger partial charge is 0.265 e. The molecule has 0 radical (unpaired) electrons. The van der Waals surface area contributed by atoms with Gasteiger partial charge in [0.05, 0.1) is 9.47 Å². The summed E-state index contributed by atoms with van der Waals surface area (Å²) in [6.07, 6.45) is 1.67. The minimum Gasteiger partial charge on any atom is -0.399 e. The van der Waals surface area contributed by atoms with E-state index < -0.39 is 10.0 Å². The maximum atomic E-state index is 12.9. The predicted octanol–water partition coefficient (Wildman–Crippen LogP) is 3.54. The minimum atomic E-state index is -3.53. The molecule has 1 aliphatic heterocycles. The summed E-state index contributed by atoms with van der Waals surface area (Å²) in [5, 5.41) is 0. The number of fused-ring (bicyclic) bond motifs is 1. The number of nitrogens with zero attached hydrogens (tertiary/aromatic N) is 1. The molecule has 0 saturated carbocycles. The Morgan fingerprint density at radius 3 is 2.76 bits per heavy atom. The van der Waals surface area contributed by atoms with E-state index >= 15 is 0 Å². The second-order valence-corrected chi connectivity index (χ2v) is 9.51. The Morgan fingerprint density at radius 2 is 2.10 bits per heavy atom. The maximum absolute atomic E-state index is 12.9. The second-order valence-electron chi connectivity index (χ2n) is 5.04. The summed E-state index contributed by atoms with van der Waals surface area (Å²) < 4.78 is 28.2. The first kappa shape index (κ1) is 14.9. The van der Waals surface area contributed by atoms with Gasteiger partial charge in [0.25, 0.3) is 10.0 Å². The molecule has 0 atom stereocenters. The molecule has 0 saturated heterocycles. The van der Waals surface area contributed by atoms with Crippen molar-refractivity contribution in [1.29, 1.82) is 0 Å². The van der Waals surface area contributed by atoms with E-state index in [1.54, 1.807) is 18.2 Å². The average molecular weight is 387 g/mol. The van der Waals surface area contributed by atoms with Gasteiger partial charge in [0.15, 0.2) is 0 Å². The zero-order chi connectivity index (χ0) is 15.2. The van der Waals surface area contributed by atoms with Gasteiger partial charge in [0.1, 0.15) is 4.90 Å². The monoisotopic (exact) mass is 386 g/mol. The number of hydrogen-bond acceptors (Lipinski definition) is 4. The van der Waals surface area contributed by atoms with E-state index in [9.17, 15) is 8.42 Å². The lowest BCUT2D eigenvalue weighted by Crippen LogP contribution is -2.35. The zero-order valence-electron chi connectivity index (χ0n) is 11.5. The molecule has 0 fully saturated rings. The number of thiophene rings is 1. The van der Waals surface area contributed by atoms with Crippen LogP contribution in [0.5, 0.6) is 0 Å². The van der Waals surface area contributed by atoms with Gasteiger partial charge < -0.3 is 5.73 Å². The third-order valence-corrected chi connectivity index (χ3v) is 7.21. The van der Waals surface area contributed by atoms with Crippen molar-refractivity contribution in [3.8, 4) is 0 Å². The molecule has 2 aromatic rings. The Kier molecular flexibility index (Phi) is 3.75. The number of sulfonamides is 1. The van der Waals surface area contributed by atoms with Crippen molar-refractivity contribution in [3.05, 3.63) is 38.5 Å². The normalized spacial score (nSPS) is 15.0. The maximum Gasteiger partial charge on any atom is 0.265 e. The van der Waals surface area contributed by atoms with Crippen LogP contribution in [0.1, 0.15) is 16.9 Å². The number of rotatable bonds is 2. The highest BCUT2D eigenvalue weighted by Gasteiger charge is 2.31. The van der Waals surface area contributed by atoms with Crippen molar-refractivity contribution in [3.63, 3.8) is 0 Å². The van der Waals surface area contributed by atoms with Crippen LogP contribution < -0.4 is 10.0 Å². The van der Waals surface area contributed by atoms with Crippen LogP contribution in [0.15, 0.2) is 32.9 Å². The molecular formula is C14H15BrN2O2S2. The van der Waals surface area contributed by atoms with Gasteiger partial charge in [-0.05, 0) is 65.5 Å². The highest BCUT2D eigenvalue weighted by molar-refractivity contribution is 9.11. The van der Waals surface area contributed by atoms with Gasteiger partial charge in [-0.3, -0.25) is 4.31 Å². The van der Waals surface area contributed by atoms with Gasteiger partial charge in [0, 0.05) is 17.1 Å². The molecule has 0 aliphatic carbocycles. The fraction of sp³-hybridized carbons (Fsp3) is 0.286. The van der Waals surface area contributed by atoms with Gasteiger partial charge in [-0.15, -0.1) is 11.3 Å². The Morgan fingerprint density at radius 1 is 1.33 bits per heavy atom. The lowest BCUT2D eigenvalue weighted by molar-refractivity contribution is 0.586. The van der Waals surface area contributed by atoms with Gasteiger partial charge in [-0.1, -0.05) is 0 Å². The van der Waals surface area contributed by atoms with Crippen molar-refractivity contribution in [1.82, 2.24) is 0 Å². The third-order valence-electron chi connectivity index (χ3n) is 3.59. The number of nitrogen functional groups attached to an aromatic ring is 1. The fourth-order valence-electron chi connectivity index (χ4n) is 2.64. The van der Waals surface area contributed by atoms with Crippen LogP contribution in [-0.4, -0.2) is 15.0 Å². The fourth-order valence-corrected chi connectivity index (χ4v) is 6.56.